The molecule has 1 atom stereocenters. The number of carbonyl (C=O) groups is 1. The molecular formula is C20H25N5O3S. The van der Waals surface area contributed by atoms with Gasteiger partial charge >= 0.3 is 0 Å². The predicted molar refractivity (Wildman–Crippen MR) is 111 cm³/mol. The molecule has 1 amide bonds. The summed E-state index contributed by atoms with van der Waals surface area (Å²) in [6, 6.07) is 5.89. The lowest BCUT2D eigenvalue weighted by Gasteiger charge is -2.28. The van der Waals surface area contributed by atoms with Crippen LogP contribution in [0.15, 0.2) is 23.4 Å². The standard InChI is InChI=1S/C20H25N5O3S/c1-13(18(26)21-14-5-8-16-17(11-14)28-12-27-16)29-20-23-22-19(25(20)15-6-7-15)24-9-3-2-4-10-24/h5,8,11,13,15H,2-4,6-7,9-10,12H2,1H3,(H,21,26). The van der Waals surface area contributed by atoms with Gasteiger partial charge in [0.25, 0.3) is 0 Å². The largest absolute Gasteiger partial charge is 0.454 e. The molecule has 154 valence electrons. The van der Waals surface area contributed by atoms with Crippen molar-refractivity contribution in [2.75, 3.05) is 30.1 Å². The number of anilines is 2. The van der Waals surface area contributed by atoms with Gasteiger partial charge in [-0.15, -0.1) is 10.2 Å². The smallest absolute Gasteiger partial charge is 0.237 e. The molecule has 9 heteroatoms. The third-order valence-corrected chi connectivity index (χ3v) is 6.55. The molecule has 0 bridgehead atoms. The maximum atomic E-state index is 12.8. The second kappa shape index (κ2) is 7.78. The van der Waals surface area contributed by atoms with Crippen LogP contribution in [0.3, 0.4) is 0 Å². The lowest BCUT2D eigenvalue weighted by Crippen LogP contribution is -2.32. The van der Waals surface area contributed by atoms with Crippen molar-refractivity contribution in [1.29, 1.82) is 0 Å². The van der Waals surface area contributed by atoms with Crippen LogP contribution in [-0.4, -0.2) is 45.8 Å². The van der Waals surface area contributed by atoms with Gasteiger partial charge in [-0.3, -0.25) is 9.36 Å². The van der Waals surface area contributed by atoms with E-state index in [1.54, 1.807) is 6.07 Å². The first-order chi connectivity index (χ1) is 14.2. The maximum absolute atomic E-state index is 12.8. The molecule has 2 aliphatic heterocycles. The Morgan fingerprint density at radius 2 is 1.97 bits per heavy atom. The van der Waals surface area contributed by atoms with Crippen LogP contribution in [0.25, 0.3) is 0 Å². The quantitative estimate of drug-likeness (QED) is 0.724. The number of nitrogens with one attached hydrogen (secondary N) is 1. The molecule has 0 spiro atoms. The Bertz CT molecular complexity index is 908. The topological polar surface area (TPSA) is 81.5 Å². The van der Waals surface area contributed by atoms with Crippen molar-refractivity contribution in [3.8, 4) is 11.5 Å². The summed E-state index contributed by atoms with van der Waals surface area (Å²) < 4.78 is 12.9. The molecule has 3 aliphatic rings. The molecule has 0 radical (unpaired) electrons. The molecule has 1 aromatic carbocycles. The minimum absolute atomic E-state index is 0.0706. The molecule has 29 heavy (non-hydrogen) atoms. The number of hydrogen-bond acceptors (Lipinski definition) is 7. The number of carbonyl (C=O) groups excluding carboxylic acids is 1. The highest BCUT2D eigenvalue weighted by atomic mass is 32.2. The molecule has 1 saturated heterocycles. The monoisotopic (exact) mass is 415 g/mol. The first kappa shape index (κ1) is 18.6. The molecule has 1 saturated carbocycles. The molecule has 2 fully saturated rings. The Kier molecular flexibility index (Phi) is 4.99. The van der Waals surface area contributed by atoms with Crippen molar-refractivity contribution in [3.05, 3.63) is 18.2 Å². The van der Waals surface area contributed by atoms with Gasteiger partial charge in [0.15, 0.2) is 16.7 Å². The Balaban J connectivity index is 1.28. The number of fused-ring (bicyclic) bond motifs is 1. The Labute approximate surface area is 173 Å². The summed E-state index contributed by atoms with van der Waals surface area (Å²) in [6.45, 7) is 4.19. The number of benzene rings is 1. The average Bonchev–Trinajstić information content (AvgIpc) is 3.32. The Hall–Kier alpha value is -2.42. The number of thioether (sulfide) groups is 1. The number of aromatic nitrogens is 3. The van der Waals surface area contributed by atoms with E-state index in [1.807, 2.05) is 19.1 Å². The molecule has 5 rings (SSSR count). The van der Waals surface area contributed by atoms with Crippen molar-refractivity contribution in [2.24, 2.45) is 0 Å². The van der Waals surface area contributed by atoms with Gasteiger partial charge in [0, 0.05) is 30.9 Å². The first-order valence-corrected chi connectivity index (χ1v) is 11.1. The summed E-state index contributed by atoms with van der Waals surface area (Å²) in [6.07, 6.45) is 6.00. The summed E-state index contributed by atoms with van der Waals surface area (Å²) in [4.78, 5) is 15.1. The maximum Gasteiger partial charge on any atom is 0.237 e. The van der Waals surface area contributed by atoms with Crippen molar-refractivity contribution >= 4 is 29.3 Å². The normalized spacial score (nSPS) is 19.3. The van der Waals surface area contributed by atoms with Gasteiger partial charge in [-0.2, -0.15) is 0 Å². The van der Waals surface area contributed by atoms with Crippen LogP contribution in [0, 0.1) is 0 Å². The van der Waals surface area contributed by atoms with E-state index < -0.39 is 0 Å². The van der Waals surface area contributed by atoms with Gasteiger partial charge in [0.1, 0.15) is 0 Å². The fourth-order valence-electron chi connectivity index (χ4n) is 3.74. The van der Waals surface area contributed by atoms with Crippen LogP contribution in [-0.2, 0) is 4.79 Å². The Morgan fingerprint density at radius 1 is 1.17 bits per heavy atom. The molecule has 1 aromatic heterocycles. The van der Waals surface area contributed by atoms with Gasteiger partial charge in [-0.05, 0) is 51.2 Å². The second-order valence-electron chi connectivity index (χ2n) is 7.75. The average molecular weight is 416 g/mol. The summed E-state index contributed by atoms with van der Waals surface area (Å²) in [5.41, 5.74) is 0.698. The number of rotatable bonds is 6. The number of amides is 1. The third kappa shape index (κ3) is 3.88. The SMILES string of the molecule is CC(Sc1nnc(N2CCCCC2)n1C1CC1)C(=O)Nc1ccc2c(c1)OCO2. The third-order valence-electron chi connectivity index (χ3n) is 5.49. The second-order valence-corrected chi connectivity index (χ2v) is 9.06. The molecule has 3 heterocycles. The van der Waals surface area contributed by atoms with E-state index in [4.69, 9.17) is 9.47 Å². The zero-order valence-electron chi connectivity index (χ0n) is 16.5. The lowest BCUT2D eigenvalue weighted by atomic mass is 10.1. The molecule has 2 aromatic rings. The van der Waals surface area contributed by atoms with Gasteiger partial charge < -0.3 is 19.7 Å². The van der Waals surface area contributed by atoms with Crippen molar-refractivity contribution in [1.82, 2.24) is 14.8 Å². The van der Waals surface area contributed by atoms with Crippen molar-refractivity contribution in [2.45, 2.75) is 55.5 Å². The minimum atomic E-state index is -0.295. The Morgan fingerprint density at radius 3 is 2.76 bits per heavy atom. The van der Waals surface area contributed by atoms with Gasteiger partial charge in [0.05, 0.1) is 5.25 Å². The van der Waals surface area contributed by atoms with E-state index in [0.29, 0.717) is 23.2 Å². The van der Waals surface area contributed by atoms with E-state index in [-0.39, 0.29) is 18.0 Å². The zero-order valence-corrected chi connectivity index (χ0v) is 17.3. The molecule has 1 unspecified atom stereocenters. The predicted octanol–water partition coefficient (Wildman–Crippen LogP) is 3.45. The van der Waals surface area contributed by atoms with Gasteiger partial charge in [-0.1, -0.05) is 11.8 Å². The number of hydrogen-bond donors (Lipinski definition) is 1. The molecular weight excluding hydrogens is 390 g/mol. The van der Waals surface area contributed by atoms with Crippen molar-refractivity contribution < 1.29 is 14.3 Å². The lowest BCUT2D eigenvalue weighted by molar-refractivity contribution is -0.115. The number of piperidine rings is 1. The van der Waals surface area contributed by atoms with E-state index in [0.717, 1.165) is 37.0 Å². The van der Waals surface area contributed by atoms with E-state index in [1.165, 1.54) is 31.0 Å². The number of nitrogens with zero attached hydrogens (tertiary/aromatic N) is 4. The first-order valence-electron chi connectivity index (χ1n) is 10.3. The minimum Gasteiger partial charge on any atom is -0.454 e. The summed E-state index contributed by atoms with van der Waals surface area (Å²) >= 11 is 1.47. The van der Waals surface area contributed by atoms with Crippen LogP contribution >= 0.6 is 11.8 Å². The van der Waals surface area contributed by atoms with E-state index >= 15 is 0 Å². The summed E-state index contributed by atoms with van der Waals surface area (Å²) in [7, 11) is 0. The molecule has 1 N–H and O–H groups in total. The number of ether oxygens (including phenoxy) is 2. The van der Waals surface area contributed by atoms with E-state index in [2.05, 4.69) is 25.0 Å². The highest BCUT2D eigenvalue weighted by Gasteiger charge is 2.33. The van der Waals surface area contributed by atoms with Crippen LogP contribution in [0.1, 0.15) is 45.1 Å². The fraction of sp³-hybridized carbons (Fsp3) is 0.550. The van der Waals surface area contributed by atoms with Crippen LogP contribution in [0.4, 0.5) is 11.6 Å². The van der Waals surface area contributed by atoms with Crippen LogP contribution in [0.2, 0.25) is 0 Å². The van der Waals surface area contributed by atoms with Gasteiger partial charge in [-0.25, -0.2) is 0 Å². The summed E-state index contributed by atoms with van der Waals surface area (Å²) in [5.74, 6) is 2.26. The highest BCUT2D eigenvalue weighted by Crippen LogP contribution is 2.42. The molecule has 1 aliphatic carbocycles. The van der Waals surface area contributed by atoms with Crippen molar-refractivity contribution in [3.63, 3.8) is 0 Å². The zero-order chi connectivity index (χ0) is 19.8. The summed E-state index contributed by atoms with van der Waals surface area (Å²) in [5, 5.41) is 12.4. The fourth-order valence-corrected chi connectivity index (χ4v) is 4.66. The van der Waals surface area contributed by atoms with Gasteiger partial charge in [0.2, 0.25) is 18.6 Å². The van der Waals surface area contributed by atoms with Crippen LogP contribution < -0.4 is 19.7 Å². The molecule has 8 nitrogen and oxygen atoms in total. The van der Waals surface area contributed by atoms with Crippen LogP contribution in [0.5, 0.6) is 11.5 Å². The van der Waals surface area contributed by atoms with E-state index in [9.17, 15) is 4.79 Å². The highest BCUT2D eigenvalue weighted by molar-refractivity contribution is 8.00.